The molecule has 3 amide bonds. The Balaban J connectivity index is 1.55. The summed E-state index contributed by atoms with van der Waals surface area (Å²) in [5.41, 5.74) is 4.14. The number of amides is 3. The van der Waals surface area contributed by atoms with Crippen molar-refractivity contribution < 1.29 is 9.59 Å². The highest BCUT2D eigenvalue weighted by Gasteiger charge is 2.31. The third kappa shape index (κ3) is 5.98. The maximum Gasteiger partial charge on any atom is 0.319 e. The monoisotopic (exact) mass is 481 g/mol. The normalized spacial score (nSPS) is 15.2. The SMILES string of the molecule is CN=C(NC#N)Nc1cccc(CN2C(=O)C(NC(=O)Nc3ccccc3)CCc3ccccc32)c1. The molecule has 4 rings (SSSR count). The van der Waals surface area contributed by atoms with Crippen molar-refractivity contribution in [3.63, 3.8) is 0 Å². The average molecular weight is 482 g/mol. The van der Waals surface area contributed by atoms with E-state index in [1.54, 1.807) is 24.1 Å². The maximum atomic E-state index is 13.7. The first-order chi connectivity index (χ1) is 17.6. The molecule has 1 heterocycles. The van der Waals surface area contributed by atoms with Crippen molar-refractivity contribution in [1.29, 1.82) is 5.26 Å². The number of aryl methyl sites for hydroxylation is 1. The summed E-state index contributed by atoms with van der Waals surface area (Å²) in [7, 11) is 1.57. The molecule has 0 saturated heterocycles. The van der Waals surface area contributed by atoms with Gasteiger partial charge in [-0.25, -0.2) is 4.79 Å². The fourth-order valence-corrected chi connectivity index (χ4v) is 4.12. The number of carbonyl (C=O) groups excluding carboxylic acids is 2. The molecular weight excluding hydrogens is 454 g/mol. The predicted molar refractivity (Wildman–Crippen MR) is 141 cm³/mol. The Kier molecular flexibility index (Phi) is 7.78. The van der Waals surface area contributed by atoms with E-state index in [0.29, 0.717) is 31.0 Å². The Bertz CT molecular complexity index is 1300. The van der Waals surface area contributed by atoms with Gasteiger partial charge >= 0.3 is 6.03 Å². The first-order valence-electron chi connectivity index (χ1n) is 11.6. The number of nitriles is 1. The smallest absolute Gasteiger partial charge is 0.319 e. The van der Waals surface area contributed by atoms with Crippen LogP contribution in [-0.4, -0.2) is 31.0 Å². The van der Waals surface area contributed by atoms with Gasteiger partial charge in [0.2, 0.25) is 11.9 Å². The molecular formula is C27H27N7O2. The van der Waals surface area contributed by atoms with E-state index in [2.05, 4.69) is 26.3 Å². The van der Waals surface area contributed by atoms with Crippen LogP contribution in [0.4, 0.5) is 21.9 Å². The van der Waals surface area contributed by atoms with E-state index in [-0.39, 0.29) is 5.91 Å². The fraction of sp³-hybridized carbons (Fsp3) is 0.185. The molecule has 1 atom stereocenters. The first-order valence-corrected chi connectivity index (χ1v) is 11.6. The third-order valence-corrected chi connectivity index (χ3v) is 5.81. The predicted octanol–water partition coefficient (Wildman–Crippen LogP) is 3.82. The lowest BCUT2D eigenvalue weighted by Gasteiger charge is -2.26. The van der Waals surface area contributed by atoms with Crippen molar-refractivity contribution in [3.05, 3.63) is 90.0 Å². The van der Waals surface area contributed by atoms with Gasteiger partial charge in [-0.15, -0.1) is 0 Å². The maximum absolute atomic E-state index is 13.7. The number of para-hydroxylation sites is 2. The van der Waals surface area contributed by atoms with Gasteiger partial charge in [0.1, 0.15) is 6.04 Å². The number of anilines is 3. The third-order valence-electron chi connectivity index (χ3n) is 5.81. The summed E-state index contributed by atoms with van der Waals surface area (Å²) in [4.78, 5) is 32.1. The molecule has 1 unspecified atom stereocenters. The van der Waals surface area contributed by atoms with Crippen LogP contribution in [0.25, 0.3) is 0 Å². The number of fused-ring (bicyclic) bond motifs is 1. The molecule has 36 heavy (non-hydrogen) atoms. The lowest BCUT2D eigenvalue weighted by Crippen LogP contribution is -2.49. The number of nitrogens with zero attached hydrogens (tertiary/aromatic N) is 3. The molecule has 3 aromatic carbocycles. The summed E-state index contributed by atoms with van der Waals surface area (Å²) >= 11 is 0. The van der Waals surface area contributed by atoms with Crippen molar-refractivity contribution in [3.8, 4) is 6.19 Å². The van der Waals surface area contributed by atoms with Gasteiger partial charge in [-0.1, -0.05) is 48.5 Å². The number of urea groups is 1. The summed E-state index contributed by atoms with van der Waals surface area (Å²) in [6, 6.07) is 23.4. The second-order valence-corrected chi connectivity index (χ2v) is 8.24. The fourth-order valence-electron chi connectivity index (χ4n) is 4.12. The van der Waals surface area contributed by atoms with Crippen LogP contribution in [-0.2, 0) is 17.8 Å². The molecule has 4 N–H and O–H groups in total. The minimum absolute atomic E-state index is 0.177. The van der Waals surface area contributed by atoms with Crippen LogP contribution < -0.4 is 26.2 Å². The number of nitrogens with one attached hydrogen (secondary N) is 4. The molecule has 0 saturated carbocycles. The Morgan fingerprint density at radius 2 is 1.78 bits per heavy atom. The van der Waals surface area contributed by atoms with Crippen molar-refractivity contribution in [1.82, 2.24) is 10.6 Å². The second kappa shape index (κ2) is 11.5. The van der Waals surface area contributed by atoms with Gasteiger partial charge in [0, 0.05) is 24.1 Å². The highest BCUT2D eigenvalue weighted by Crippen LogP contribution is 2.29. The molecule has 3 aromatic rings. The number of aliphatic imine (C=N–C) groups is 1. The molecule has 9 heteroatoms. The molecule has 0 spiro atoms. The van der Waals surface area contributed by atoms with Crippen LogP contribution in [0.15, 0.2) is 83.9 Å². The number of hydrogen-bond donors (Lipinski definition) is 4. The van der Waals surface area contributed by atoms with E-state index < -0.39 is 12.1 Å². The number of benzene rings is 3. The van der Waals surface area contributed by atoms with E-state index in [1.165, 1.54) is 0 Å². The number of carbonyl (C=O) groups is 2. The first kappa shape index (κ1) is 24.3. The molecule has 9 nitrogen and oxygen atoms in total. The molecule has 0 aromatic heterocycles. The van der Waals surface area contributed by atoms with Crippen molar-refractivity contribution in [2.75, 3.05) is 22.6 Å². The standard InChI is InChI=1S/C27H27N7O2/c1-29-26(30-18-28)31-22-12-7-8-19(16-22)17-34-24-13-6-5-9-20(24)14-15-23(25(34)35)33-27(36)32-21-10-3-2-4-11-21/h2-13,16,23H,14-15,17H2,1H3,(H2,29,30,31)(H2,32,33,36). The highest BCUT2D eigenvalue weighted by atomic mass is 16.2. The molecule has 0 fully saturated rings. The zero-order valence-corrected chi connectivity index (χ0v) is 19.9. The Labute approximate surface area is 209 Å². The molecule has 182 valence electrons. The van der Waals surface area contributed by atoms with Gasteiger partial charge in [-0.05, 0) is 54.3 Å². The minimum Gasteiger partial charge on any atom is -0.326 e. The van der Waals surface area contributed by atoms with E-state index in [9.17, 15) is 9.59 Å². The van der Waals surface area contributed by atoms with Crippen LogP contribution in [0, 0.1) is 11.5 Å². The van der Waals surface area contributed by atoms with Crippen LogP contribution >= 0.6 is 0 Å². The van der Waals surface area contributed by atoms with E-state index >= 15 is 0 Å². The average Bonchev–Trinajstić information content (AvgIpc) is 3.01. The Morgan fingerprint density at radius 1 is 1.03 bits per heavy atom. The summed E-state index contributed by atoms with van der Waals surface area (Å²) < 4.78 is 0. The zero-order valence-electron chi connectivity index (χ0n) is 19.9. The van der Waals surface area contributed by atoms with Crippen LogP contribution in [0.3, 0.4) is 0 Å². The Morgan fingerprint density at radius 3 is 2.56 bits per heavy atom. The van der Waals surface area contributed by atoms with Crippen molar-refractivity contribution in [2.45, 2.75) is 25.4 Å². The van der Waals surface area contributed by atoms with Crippen LogP contribution in [0.5, 0.6) is 0 Å². The number of hydrogen-bond acceptors (Lipinski definition) is 4. The second-order valence-electron chi connectivity index (χ2n) is 8.24. The van der Waals surface area contributed by atoms with E-state index in [4.69, 9.17) is 5.26 Å². The van der Waals surface area contributed by atoms with Crippen molar-refractivity contribution in [2.24, 2.45) is 4.99 Å². The largest absolute Gasteiger partial charge is 0.326 e. The lowest BCUT2D eigenvalue weighted by molar-refractivity contribution is -0.120. The summed E-state index contributed by atoms with van der Waals surface area (Å²) in [5.74, 6) is 0.142. The van der Waals surface area contributed by atoms with Gasteiger partial charge < -0.3 is 20.9 Å². The quantitative estimate of drug-likeness (QED) is 0.191. The molecule has 1 aliphatic heterocycles. The molecule has 0 bridgehead atoms. The van der Waals surface area contributed by atoms with Gasteiger partial charge in [0.05, 0.1) is 6.54 Å². The molecule has 1 aliphatic rings. The molecule has 0 radical (unpaired) electrons. The summed E-state index contributed by atoms with van der Waals surface area (Å²) in [5, 5.41) is 20.1. The van der Waals surface area contributed by atoms with Gasteiger partial charge in [-0.3, -0.25) is 15.1 Å². The number of rotatable bonds is 5. The number of guanidine groups is 1. The van der Waals surface area contributed by atoms with E-state index in [1.807, 2.05) is 72.9 Å². The topological polar surface area (TPSA) is 122 Å². The summed E-state index contributed by atoms with van der Waals surface area (Å²) in [6.45, 7) is 0.314. The van der Waals surface area contributed by atoms with Crippen LogP contribution in [0.2, 0.25) is 0 Å². The van der Waals surface area contributed by atoms with Gasteiger partial charge in [0.25, 0.3) is 0 Å². The minimum atomic E-state index is -0.680. The lowest BCUT2D eigenvalue weighted by atomic mass is 10.1. The van der Waals surface area contributed by atoms with Crippen molar-refractivity contribution >= 4 is 35.0 Å². The Hall–Kier alpha value is -4.84. The van der Waals surface area contributed by atoms with E-state index in [0.717, 1.165) is 22.5 Å². The van der Waals surface area contributed by atoms with Crippen LogP contribution in [0.1, 0.15) is 17.5 Å². The highest BCUT2D eigenvalue weighted by molar-refractivity contribution is 6.02. The van der Waals surface area contributed by atoms with Gasteiger partial charge in [-0.2, -0.15) is 5.26 Å². The zero-order chi connectivity index (χ0) is 25.3. The summed E-state index contributed by atoms with van der Waals surface area (Å²) in [6.07, 6.45) is 2.99. The van der Waals surface area contributed by atoms with Gasteiger partial charge in [0.15, 0.2) is 6.19 Å². The molecule has 0 aliphatic carbocycles.